The predicted octanol–water partition coefficient (Wildman–Crippen LogP) is 4.95. The number of amides is 3. The zero-order valence-corrected chi connectivity index (χ0v) is 33.7. The molecule has 1 spiro atoms. The Morgan fingerprint density at radius 3 is 2.38 bits per heavy atom. The van der Waals surface area contributed by atoms with E-state index in [1.54, 1.807) is 22.0 Å². The zero-order chi connectivity index (χ0) is 39.7. The number of hydrogen-bond acceptors (Lipinski definition) is 9. The fraction of sp³-hybridized carbons (Fsp3) is 0.524. The molecule has 0 aliphatic carbocycles. The molecule has 55 heavy (non-hydrogen) atoms. The first-order valence-electron chi connectivity index (χ1n) is 19.3. The van der Waals surface area contributed by atoms with Crippen LogP contribution in [0.2, 0.25) is 0 Å². The maximum absolute atomic E-state index is 15.0. The lowest BCUT2D eigenvalue weighted by Crippen LogP contribution is -2.57. The molecule has 0 radical (unpaired) electrons. The summed E-state index contributed by atoms with van der Waals surface area (Å²) < 4.78 is 18.6. The number of esters is 1. The van der Waals surface area contributed by atoms with Crippen LogP contribution in [0.15, 0.2) is 79.9 Å². The average molecular weight is 824 g/mol. The zero-order valence-electron chi connectivity index (χ0n) is 32.1. The summed E-state index contributed by atoms with van der Waals surface area (Å²) in [6.45, 7) is 13.8. The fourth-order valence-corrected chi connectivity index (χ4v) is 9.41. The lowest BCUT2D eigenvalue weighted by molar-refractivity contribution is -0.163. The molecule has 8 atom stereocenters. The number of nitrogens with one attached hydrogen (secondary N) is 1. The van der Waals surface area contributed by atoms with E-state index in [4.69, 9.17) is 14.2 Å². The smallest absolute Gasteiger partial charge is 0.313 e. The van der Waals surface area contributed by atoms with E-state index < -0.39 is 47.7 Å². The van der Waals surface area contributed by atoms with Crippen molar-refractivity contribution in [2.45, 2.75) is 80.7 Å². The number of unbranched alkanes of at least 4 members (excludes halogenated alkanes) is 1. The first-order valence-corrected chi connectivity index (χ1v) is 20.2. The standard InChI is InChI=1S/C42H55BrN4O8/c1-6-10-18-33(49)44-32(27-53-5)36(28-16-12-11-13-17-28)54-41(52)34-35-39(50)47(24-14-15-25-48)38(42(35)26-31(43)37(34)55-42)40(51)46(23-7-2)30-21-19-29(20-22-30)45(8-3)9-4/h6-7,11-13,16-17,19-22,31-32,34-38,48H,1-2,8-10,14-15,18,23-27H2,3-5H3,(H,44,49)/t31?,32-,34-,35+,36-,37-,38-,42+/m0/s1. The molecule has 3 amide bonds. The lowest BCUT2D eigenvalue weighted by Gasteiger charge is -2.37. The molecule has 298 valence electrons. The van der Waals surface area contributed by atoms with Gasteiger partial charge in [0.15, 0.2) is 0 Å². The molecule has 2 aromatic rings. The first kappa shape index (κ1) is 42.1. The minimum absolute atomic E-state index is 0.0505. The second-order valence-electron chi connectivity index (χ2n) is 14.3. The second-order valence-corrected chi connectivity index (χ2v) is 15.5. The van der Waals surface area contributed by atoms with Gasteiger partial charge in [-0.1, -0.05) is 58.4 Å². The monoisotopic (exact) mass is 822 g/mol. The maximum Gasteiger partial charge on any atom is 0.313 e. The van der Waals surface area contributed by atoms with Gasteiger partial charge in [0.2, 0.25) is 11.8 Å². The van der Waals surface area contributed by atoms with Crippen LogP contribution in [0.3, 0.4) is 0 Å². The van der Waals surface area contributed by atoms with Gasteiger partial charge in [-0.2, -0.15) is 0 Å². The number of halogens is 1. The number of nitrogens with zero attached hydrogens (tertiary/aromatic N) is 3. The number of hydrogen-bond donors (Lipinski definition) is 2. The van der Waals surface area contributed by atoms with Gasteiger partial charge in [0.05, 0.1) is 30.6 Å². The Labute approximate surface area is 333 Å². The van der Waals surface area contributed by atoms with Gasteiger partial charge in [0.25, 0.3) is 5.91 Å². The average Bonchev–Trinajstić information content (AvgIpc) is 3.79. The third-order valence-electron chi connectivity index (χ3n) is 11.0. The number of ether oxygens (including phenoxy) is 3. The highest BCUT2D eigenvalue weighted by Crippen LogP contribution is 2.60. The van der Waals surface area contributed by atoms with E-state index in [2.05, 4.69) is 53.2 Å². The molecule has 13 heteroatoms. The number of rotatable bonds is 21. The highest BCUT2D eigenvalue weighted by atomic mass is 79.9. The molecule has 5 rings (SSSR count). The summed E-state index contributed by atoms with van der Waals surface area (Å²) in [7, 11) is 1.50. The van der Waals surface area contributed by atoms with E-state index in [1.165, 1.54) is 7.11 Å². The van der Waals surface area contributed by atoms with E-state index in [-0.39, 0.29) is 55.3 Å². The number of aliphatic hydroxyl groups excluding tert-OH is 1. The van der Waals surface area contributed by atoms with E-state index >= 15 is 4.79 Å². The van der Waals surface area contributed by atoms with Crippen molar-refractivity contribution in [3.8, 4) is 0 Å². The molecular weight excluding hydrogens is 768 g/mol. The minimum atomic E-state index is -1.33. The minimum Gasteiger partial charge on any atom is -0.455 e. The molecule has 2 N–H and O–H groups in total. The van der Waals surface area contributed by atoms with Crippen LogP contribution in [0, 0.1) is 11.8 Å². The van der Waals surface area contributed by atoms with Gasteiger partial charge in [-0.3, -0.25) is 19.2 Å². The van der Waals surface area contributed by atoms with Gasteiger partial charge in [-0.15, -0.1) is 13.2 Å². The number of carbonyl (C=O) groups excluding carboxylic acids is 4. The number of aliphatic hydroxyl groups is 1. The van der Waals surface area contributed by atoms with Crippen molar-refractivity contribution in [1.82, 2.24) is 10.2 Å². The Bertz CT molecular complexity index is 1660. The lowest BCUT2D eigenvalue weighted by atomic mass is 9.70. The van der Waals surface area contributed by atoms with Gasteiger partial charge >= 0.3 is 5.97 Å². The van der Waals surface area contributed by atoms with Gasteiger partial charge in [0, 0.05) is 62.5 Å². The van der Waals surface area contributed by atoms with Crippen molar-refractivity contribution in [1.29, 1.82) is 0 Å². The Morgan fingerprint density at radius 2 is 1.76 bits per heavy atom. The van der Waals surface area contributed by atoms with Crippen molar-refractivity contribution in [3.05, 3.63) is 85.5 Å². The third-order valence-corrected chi connectivity index (χ3v) is 11.8. The van der Waals surface area contributed by atoms with Crippen LogP contribution in [-0.4, -0.2) is 109 Å². The number of allylic oxidation sites excluding steroid dienone is 1. The third kappa shape index (κ3) is 8.70. The molecule has 3 heterocycles. The van der Waals surface area contributed by atoms with Gasteiger partial charge < -0.3 is 39.3 Å². The summed E-state index contributed by atoms with van der Waals surface area (Å²) in [5.41, 5.74) is 0.981. The number of fused-ring (bicyclic) bond motifs is 1. The normalized spacial score (nSPS) is 24.9. The van der Waals surface area contributed by atoms with Crippen molar-refractivity contribution in [3.63, 3.8) is 0 Å². The van der Waals surface area contributed by atoms with E-state index in [1.807, 2.05) is 54.6 Å². The molecule has 2 aromatic carbocycles. The molecule has 1 unspecified atom stereocenters. The number of benzene rings is 2. The Kier molecular flexibility index (Phi) is 14.7. The molecular formula is C42H55BrN4O8. The predicted molar refractivity (Wildman–Crippen MR) is 215 cm³/mol. The van der Waals surface area contributed by atoms with Gasteiger partial charge in [-0.25, -0.2) is 0 Å². The summed E-state index contributed by atoms with van der Waals surface area (Å²) in [5.74, 6) is -3.66. The van der Waals surface area contributed by atoms with Crippen molar-refractivity contribution in [2.24, 2.45) is 11.8 Å². The highest BCUT2D eigenvalue weighted by Gasteiger charge is 2.77. The van der Waals surface area contributed by atoms with E-state index in [0.717, 1.165) is 18.8 Å². The molecule has 3 aliphatic rings. The number of carbonyl (C=O) groups is 4. The molecule has 12 nitrogen and oxygen atoms in total. The Morgan fingerprint density at radius 1 is 1.07 bits per heavy atom. The summed E-state index contributed by atoms with van der Waals surface area (Å²) in [6.07, 6.45) is 3.47. The topological polar surface area (TPSA) is 138 Å². The molecule has 0 aromatic heterocycles. The summed E-state index contributed by atoms with van der Waals surface area (Å²) in [6, 6.07) is 15.0. The Hall–Kier alpha value is -4.04. The van der Waals surface area contributed by atoms with Crippen LogP contribution in [-0.2, 0) is 33.4 Å². The second kappa shape index (κ2) is 19.2. The van der Waals surface area contributed by atoms with Gasteiger partial charge in [-0.05, 0) is 69.4 Å². The summed E-state index contributed by atoms with van der Waals surface area (Å²) in [4.78, 5) is 62.3. The molecule has 3 fully saturated rings. The van der Waals surface area contributed by atoms with Crippen LogP contribution in [0.4, 0.5) is 11.4 Å². The quantitative estimate of drug-likeness (QED) is 0.0776. The molecule has 0 saturated carbocycles. The fourth-order valence-electron chi connectivity index (χ4n) is 8.47. The SMILES string of the molecule is C=CCCC(=O)N[C@@H](COC)[C@@H](OC(=O)[C@@H]1[C@H]2O[C@@]3(CC2Br)[C@H](C(=O)N(CC=C)c2ccc(N(CC)CC)cc2)N(CCCCO)C(=O)[C@@H]13)c1ccccc1. The molecule has 2 bridgehead atoms. The van der Waals surface area contributed by atoms with Crippen LogP contribution >= 0.6 is 15.9 Å². The Balaban J connectivity index is 1.51. The van der Waals surface area contributed by atoms with Crippen LogP contribution in [0.1, 0.15) is 57.6 Å². The van der Waals surface area contributed by atoms with Gasteiger partial charge in [0.1, 0.15) is 17.7 Å². The highest BCUT2D eigenvalue weighted by molar-refractivity contribution is 9.09. The number of anilines is 2. The molecule has 3 aliphatic heterocycles. The number of methoxy groups -OCH3 is 1. The van der Waals surface area contributed by atoms with E-state index in [0.29, 0.717) is 36.9 Å². The van der Waals surface area contributed by atoms with Crippen LogP contribution in [0.5, 0.6) is 0 Å². The van der Waals surface area contributed by atoms with Crippen LogP contribution < -0.4 is 15.1 Å². The van der Waals surface area contributed by atoms with Crippen molar-refractivity contribution < 1.29 is 38.5 Å². The number of alkyl halides is 1. The first-order chi connectivity index (χ1) is 26.6. The molecule has 3 saturated heterocycles. The summed E-state index contributed by atoms with van der Waals surface area (Å²) >= 11 is 3.76. The van der Waals surface area contributed by atoms with E-state index in [9.17, 15) is 19.5 Å². The number of likely N-dealkylation sites (tertiary alicyclic amines) is 1. The van der Waals surface area contributed by atoms with Crippen LogP contribution in [0.25, 0.3) is 0 Å². The summed E-state index contributed by atoms with van der Waals surface area (Å²) in [5, 5.41) is 12.6. The van der Waals surface area contributed by atoms with Crippen molar-refractivity contribution >= 4 is 51.0 Å². The maximum atomic E-state index is 15.0. The largest absolute Gasteiger partial charge is 0.455 e. The van der Waals surface area contributed by atoms with Crippen molar-refractivity contribution in [2.75, 3.05) is 56.3 Å².